The molecular formula is C8H13F3O. The second kappa shape index (κ2) is 2.91. The molecule has 72 valence electrons. The molecule has 0 amide bonds. The summed E-state index contributed by atoms with van der Waals surface area (Å²) in [5.41, 5.74) is -1.11. The van der Waals surface area contributed by atoms with Gasteiger partial charge in [-0.3, -0.25) is 0 Å². The standard InChI is InChI=1S/C8H13F3O/c1-7(12)4-2-3-6(5-7)8(9,10)11/h6,12H,2-5H2,1H3/t6-,7+/m1/s1. The quantitative estimate of drug-likeness (QED) is 0.610. The fraction of sp³-hybridized carbons (Fsp3) is 1.00. The van der Waals surface area contributed by atoms with Crippen molar-refractivity contribution in [1.29, 1.82) is 0 Å². The van der Waals surface area contributed by atoms with Crippen molar-refractivity contribution >= 4 is 0 Å². The van der Waals surface area contributed by atoms with Crippen molar-refractivity contribution in [3.05, 3.63) is 0 Å². The molecule has 0 spiro atoms. The summed E-state index contributed by atoms with van der Waals surface area (Å²) in [4.78, 5) is 0. The Labute approximate surface area is 69.6 Å². The number of aliphatic hydroxyl groups is 1. The van der Waals surface area contributed by atoms with Gasteiger partial charge in [0.25, 0.3) is 0 Å². The molecule has 0 aromatic carbocycles. The highest BCUT2D eigenvalue weighted by Crippen LogP contribution is 2.41. The van der Waals surface area contributed by atoms with Crippen molar-refractivity contribution in [2.45, 2.75) is 44.4 Å². The zero-order chi connectivity index (χ0) is 9.41. The Kier molecular flexibility index (Phi) is 2.38. The van der Waals surface area contributed by atoms with Crippen LogP contribution in [0.25, 0.3) is 0 Å². The van der Waals surface area contributed by atoms with Gasteiger partial charge in [-0.15, -0.1) is 0 Å². The molecule has 1 fully saturated rings. The Morgan fingerprint density at radius 2 is 2.00 bits per heavy atom. The van der Waals surface area contributed by atoms with Crippen LogP contribution in [0.2, 0.25) is 0 Å². The molecule has 1 aliphatic rings. The third kappa shape index (κ3) is 2.37. The van der Waals surface area contributed by atoms with Crippen LogP contribution in [-0.2, 0) is 0 Å². The number of rotatable bonds is 0. The van der Waals surface area contributed by atoms with Crippen molar-refractivity contribution < 1.29 is 18.3 Å². The summed E-state index contributed by atoms with van der Waals surface area (Å²) in [5.74, 6) is -1.30. The molecule has 4 heteroatoms. The average Bonchev–Trinajstić information content (AvgIpc) is 1.83. The number of hydrogen-bond acceptors (Lipinski definition) is 1. The number of halogens is 3. The monoisotopic (exact) mass is 182 g/mol. The second-order valence-corrected chi connectivity index (χ2v) is 3.83. The van der Waals surface area contributed by atoms with Gasteiger partial charge in [0, 0.05) is 0 Å². The van der Waals surface area contributed by atoms with Crippen LogP contribution >= 0.6 is 0 Å². The van der Waals surface area contributed by atoms with Crippen LogP contribution in [0.5, 0.6) is 0 Å². The lowest BCUT2D eigenvalue weighted by atomic mass is 9.79. The van der Waals surface area contributed by atoms with Gasteiger partial charge in [-0.1, -0.05) is 0 Å². The fourth-order valence-electron chi connectivity index (χ4n) is 1.74. The van der Waals surface area contributed by atoms with Crippen LogP contribution < -0.4 is 0 Å². The van der Waals surface area contributed by atoms with E-state index in [1.165, 1.54) is 6.92 Å². The van der Waals surface area contributed by atoms with Crippen LogP contribution in [0.15, 0.2) is 0 Å². The zero-order valence-corrected chi connectivity index (χ0v) is 6.99. The first-order valence-electron chi connectivity index (χ1n) is 4.10. The molecule has 0 aromatic rings. The normalized spacial score (nSPS) is 38.2. The van der Waals surface area contributed by atoms with E-state index in [2.05, 4.69) is 0 Å². The molecule has 1 saturated carbocycles. The van der Waals surface area contributed by atoms with E-state index in [0.717, 1.165) is 0 Å². The predicted octanol–water partition coefficient (Wildman–Crippen LogP) is 2.49. The van der Waals surface area contributed by atoms with Gasteiger partial charge in [-0.05, 0) is 32.6 Å². The molecule has 1 rings (SSSR count). The van der Waals surface area contributed by atoms with Crippen molar-refractivity contribution in [2.24, 2.45) is 5.92 Å². The Hall–Kier alpha value is -0.250. The molecule has 0 radical (unpaired) electrons. The fourth-order valence-corrected chi connectivity index (χ4v) is 1.74. The molecule has 2 atom stereocenters. The van der Waals surface area contributed by atoms with Crippen LogP contribution in [0.1, 0.15) is 32.6 Å². The minimum absolute atomic E-state index is 0.142. The minimum Gasteiger partial charge on any atom is -0.390 e. The Morgan fingerprint density at radius 1 is 1.42 bits per heavy atom. The van der Waals surface area contributed by atoms with Crippen LogP contribution in [-0.4, -0.2) is 16.9 Å². The van der Waals surface area contributed by atoms with Crippen molar-refractivity contribution in [3.8, 4) is 0 Å². The topological polar surface area (TPSA) is 20.2 Å². The Bertz CT molecular complexity index is 159. The molecule has 1 nitrogen and oxygen atoms in total. The highest BCUT2D eigenvalue weighted by atomic mass is 19.4. The van der Waals surface area contributed by atoms with Crippen molar-refractivity contribution in [3.63, 3.8) is 0 Å². The molecule has 0 unspecified atom stereocenters. The minimum atomic E-state index is -4.13. The van der Waals surface area contributed by atoms with Gasteiger partial charge in [-0.2, -0.15) is 13.2 Å². The summed E-state index contributed by atoms with van der Waals surface area (Å²) in [6.07, 6.45) is -3.16. The van der Waals surface area contributed by atoms with Crippen LogP contribution in [0, 0.1) is 5.92 Å². The number of hydrogen-bond donors (Lipinski definition) is 1. The van der Waals surface area contributed by atoms with Gasteiger partial charge < -0.3 is 5.11 Å². The van der Waals surface area contributed by atoms with Crippen LogP contribution in [0.4, 0.5) is 13.2 Å². The lowest BCUT2D eigenvalue weighted by Crippen LogP contribution is -2.37. The molecule has 0 aliphatic heterocycles. The molecular weight excluding hydrogens is 169 g/mol. The maximum absolute atomic E-state index is 12.2. The van der Waals surface area contributed by atoms with Gasteiger partial charge >= 0.3 is 6.18 Å². The second-order valence-electron chi connectivity index (χ2n) is 3.83. The largest absolute Gasteiger partial charge is 0.391 e. The van der Waals surface area contributed by atoms with E-state index in [4.69, 9.17) is 0 Å². The third-order valence-electron chi connectivity index (χ3n) is 2.42. The summed E-state index contributed by atoms with van der Waals surface area (Å²) in [5, 5.41) is 9.41. The molecule has 0 heterocycles. The highest BCUT2D eigenvalue weighted by molar-refractivity contribution is 4.85. The SMILES string of the molecule is C[C@]1(O)CCC[C@@H](C(F)(F)F)C1. The summed E-state index contributed by atoms with van der Waals surface area (Å²) in [6.45, 7) is 1.48. The molecule has 0 bridgehead atoms. The summed E-state index contributed by atoms with van der Waals surface area (Å²) < 4.78 is 36.5. The molecule has 12 heavy (non-hydrogen) atoms. The van der Waals surface area contributed by atoms with E-state index < -0.39 is 17.7 Å². The van der Waals surface area contributed by atoms with E-state index in [1.807, 2.05) is 0 Å². The average molecular weight is 182 g/mol. The van der Waals surface area contributed by atoms with Gasteiger partial charge in [0.1, 0.15) is 0 Å². The lowest BCUT2D eigenvalue weighted by molar-refractivity contribution is -0.198. The van der Waals surface area contributed by atoms with Gasteiger partial charge in [-0.25, -0.2) is 0 Å². The molecule has 0 saturated heterocycles. The zero-order valence-electron chi connectivity index (χ0n) is 6.99. The summed E-state index contributed by atoms with van der Waals surface area (Å²) in [6, 6.07) is 0. The smallest absolute Gasteiger partial charge is 0.390 e. The van der Waals surface area contributed by atoms with Crippen LogP contribution in [0.3, 0.4) is 0 Å². The Morgan fingerprint density at radius 3 is 2.33 bits per heavy atom. The first kappa shape index (κ1) is 9.84. The predicted molar refractivity (Wildman–Crippen MR) is 38.6 cm³/mol. The van der Waals surface area contributed by atoms with E-state index in [9.17, 15) is 18.3 Å². The van der Waals surface area contributed by atoms with E-state index in [-0.39, 0.29) is 12.8 Å². The molecule has 1 aliphatic carbocycles. The van der Waals surface area contributed by atoms with E-state index >= 15 is 0 Å². The first-order valence-corrected chi connectivity index (χ1v) is 4.10. The van der Waals surface area contributed by atoms with Gasteiger partial charge in [0.2, 0.25) is 0 Å². The summed E-state index contributed by atoms with van der Waals surface area (Å²) >= 11 is 0. The van der Waals surface area contributed by atoms with E-state index in [0.29, 0.717) is 12.8 Å². The molecule has 1 N–H and O–H groups in total. The lowest BCUT2D eigenvalue weighted by Gasteiger charge is -2.34. The molecule has 0 aromatic heterocycles. The van der Waals surface area contributed by atoms with Gasteiger partial charge in [0.05, 0.1) is 11.5 Å². The summed E-state index contributed by atoms with van der Waals surface area (Å²) in [7, 11) is 0. The first-order chi connectivity index (χ1) is 5.31. The maximum atomic E-state index is 12.2. The number of alkyl halides is 3. The van der Waals surface area contributed by atoms with E-state index in [1.54, 1.807) is 0 Å². The van der Waals surface area contributed by atoms with Gasteiger partial charge in [0.15, 0.2) is 0 Å². The Balaban J connectivity index is 2.58. The highest BCUT2D eigenvalue weighted by Gasteiger charge is 2.45. The maximum Gasteiger partial charge on any atom is 0.391 e. The third-order valence-corrected chi connectivity index (χ3v) is 2.42. The van der Waals surface area contributed by atoms with Crippen molar-refractivity contribution in [2.75, 3.05) is 0 Å². The van der Waals surface area contributed by atoms with Crippen molar-refractivity contribution in [1.82, 2.24) is 0 Å².